The van der Waals surface area contributed by atoms with Gasteiger partial charge in [-0.05, 0) is 47.3 Å². The summed E-state index contributed by atoms with van der Waals surface area (Å²) in [5.41, 5.74) is 7.59. The maximum Gasteiger partial charge on any atom is 0.137 e. The lowest BCUT2D eigenvalue weighted by Crippen LogP contribution is -1.99. The van der Waals surface area contributed by atoms with E-state index in [0.29, 0.717) is 0 Å². The molecule has 4 aromatic heterocycles. The Morgan fingerprint density at radius 2 is 1.77 bits per heavy atom. The van der Waals surface area contributed by atoms with Crippen LogP contribution in [0.5, 0.6) is 0 Å². The monoisotopic (exact) mass is 471 g/mol. The third kappa shape index (κ3) is 3.64. The van der Waals surface area contributed by atoms with Crippen molar-refractivity contribution in [3.63, 3.8) is 0 Å². The van der Waals surface area contributed by atoms with Crippen LogP contribution < -0.4 is 5.32 Å². The highest BCUT2D eigenvalue weighted by Gasteiger charge is 2.12. The van der Waals surface area contributed by atoms with Crippen LogP contribution in [0.25, 0.3) is 48.3 Å². The highest BCUT2D eigenvalue weighted by Crippen LogP contribution is 2.38. The number of pyridine rings is 1. The van der Waals surface area contributed by atoms with E-state index in [-0.39, 0.29) is 0 Å². The fourth-order valence-corrected chi connectivity index (χ4v) is 5.62. The van der Waals surface area contributed by atoms with Crippen molar-refractivity contribution in [3.05, 3.63) is 109 Å². The van der Waals surface area contributed by atoms with Crippen molar-refractivity contribution < 1.29 is 0 Å². The largest absolute Gasteiger partial charge is 0.381 e. The topological polar surface area (TPSA) is 58.0 Å². The molecule has 168 valence electrons. The van der Waals surface area contributed by atoms with Crippen LogP contribution in [0.4, 0.5) is 5.69 Å². The lowest BCUT2D eigenvalue weighted by atomic mass is 10.1. The van der Waals surface area contributed by atoms with E-state index >= 15 is 0 Å². The van der Waals surface area contributed by atoms with E-state index in [2.05, 4.69) is 88.4 Å². The second-order valence-electron chi connectivity index (χ2n) is 8.65. The van der Waals surface area contributed by atoms with Crippen molar-refractivity contribution in [1.29, 1.82) is 0 Å². The normalized spacial score (nSPS) is 11.5. The van der Waals surface area contributed by atoms with Gasteiger partial charge in [0.15, 0.2) is 0 Å². The van der Waals surface area contributed by atoms with Crippen LogP contribution in [0, 0.1) is 0 Å². The predicted molar refractivity (Wildman–Crippen MR) is 145 cm³/mol. The van der Waals surface area contributed by atoms with Crippen molar-refractivity contribution in [2.75, 3.05) is 5.32 Å². The lowest BCUT2D eigenvalue weighted by Gasteiger charge is -2.10. The van der Waals surface area contributed by atoms with E-state index in [1.165, 1.54) is 26.1 Å². The minimum Gasteiger partial charge on any atom is -0.381 e. The number of H-pyrrole nitrogens is 1. The minimum absolute atomic E-state index is 0.737. The second kappa shape index (κ2) is 8.11. The molecule has 5 nitrogen and oxygen atoms in total. The molecule has 0 aliphatic rings. The van der Waals surface area contributed by atoms with E-state index in [0.717, 1.165) is 40.0 Å². The fourth-order valence-electron chi connectivity index (χ4n) is 4.54. The summed E-state index contributed by atoms with van der Waals surface area (Å²) < 4.78 is 3.34. The molecule has 0 amide bonds. The van der Waals surface area contributed by atoms with Gasteiger partial charge in [0.05, 0.1) is 17.4 Å². The first kappa shape index (κ1) is 20.0. The molecular formula is C29H21N5S. The molecule has 0 unspecified atom stereocenters. The van der Waals surface area contributed by atoms with Gasteiger partial charge in [-0.3, -0.25) is 5.10 Å². The van der Waals surface area contributed by atoms with E-state index < -0.39 is 0 Å². The lowest BCUT2D eigenvalue weighted by molar-refractivity contribution is 1.12. The molecule has 0 spiro atoms. The van der Waals surface area contributed by atoms with Crippen LogP contribution >= 0.6 is 11.3 Å². The maximum atomic E-state index is 4.72. The van der Waals surface area contributed by atoms with Crippen molar-refractivity contribution in [3.8, 4) is 21.7 Å². The molecule has 3 aromatic carbocycles. The first-order valence-electron chi connectivity index (χ1n) is 11.5. The molecule has 2 N–H and O–H groups in total. The molecule has 0 aliphatic heterocycles. The van der Waals surface area contributed by atoms with Crippen molar-refractivity contribution in [2.24, 2.45) is 0 Å². The van der Waals surface area contributed by atoms with Crippen molar-refractivity contribution in [2.45, 2.75) is 6.54 Å². The number of anilines is 1. The summed E-state index contributed by atoms with van der Waals surface area (Å²) in [4.78, 5) is 5.96. The zero-order valence-corrected chi connectivity index (χ0v) is 19.6. The number of nitrogens with one attached hydrogen (secondary N) is 2. The predicted octanol–water partition coefficient (Wildman–Crippen LogP) is 7.37. The number of hydrogen-bond donors (Lipinski definition) is 2. The fraction of sp³-hybridized carbons (Fsp3) is 0.0345. The molecule has 4 heterocycles. The summed E-state index contributed by atoms with van der Waals surface area (Å²) in [5, 5.41) is 13.5. The Morgan fingerprint density at radius 3 is 2.66 bits per heavy atom. The van der Waals surface area contributed by atoms with Gasteiger partial charge in [0.2, 0.25) is 0 Å². The van der Waals surface area contributed by atoms with Crippen molar-refractivity contribution in [1.82, 2.24) is 19.6 Å². The molecule has 0 atom stereocenters. The van der Waals surface area contributed by atoms with Crippen LogP contribution in [0.2, 0.25) is 0 Å². The van der Waals surface area contributed by atoms with Gasteiger partial charge in [0.25, 0.3) is 0 Å². The Bertz CT molecular complexity index is 1740. The van der Waals surface area contributed by atoms with Crippen LogP contribution in [0.15, 0.2) is 104 Å². The molecule has 0 saturated heterocycles. The third-order valence-electron chi connectivity index (χ3n) is 6.35. The number of aromatic amines is 1. The van der Waals surface area contributed by atoms with E-state index in [1.807, 2.05) is 46.3 Å². The number of fused-ring (bicyclic) bond motifs is 3. The number of aromatic nitrogens is 4. The van der Waals surface area contributed by atoms with Crippen LogP contribution in [0.1, 0.15) is 5.56 Å². The smallest absolute Gasteiger partial charge is 0.137 e. The molecular weight excluding hydrogens is 450 g/mol. The number of nitrogens with zero attached hydrogens (tertiary/aromatic N) is 3. The standard InChI is InChI=1S/C29H21N5S/c1-2-6-26-21(5-1)14-27(35-26)24-15-23(13-22-17-31-33-29(22)24)30-16-19-8-10-20(11-9-19)25-18-34-12-4-3-7-28(34)32-25/h1-15,17-18,30H,16H2,(H,31,33). The average molecular weight is 472 g/mol. The molecule has 0 saturated carbocycles. The summed E-state index contributed by atoms with van der Waals surface area (Å²) in [5.74, 6) is 0. The molecule has 0 bridgehead atoms. The zero-order valence-electron chi connectivity index (χ0n) is 18.8. The van der Waals surface area contributed by atoms with Gasteiger partial charge in [-0.25, -0.2) is 4.98 Å². The van der Waals surface area contributed by atoms with Gasteiger partial charge in [-0.1, -0.05) is 48.5 Å². The highest BCUT2D eigenvalue weighted by molar-refractivity contribution is 7.22. The van der Waals surface area contributed by atoms with Crippen molar-refractivity contribution >= 4 is 43.7 Å². The van der Waals surface area contributed by atoms with Gasteiger partial charge < -0.3 is 9.72 Å². The molecule has 35 heavy (non-hydrogen) atoms. The van der Waals surface area contributed by atoms with Crippen LogP contribution in [0.3, 0.4) is 0 Å². The number of imidazole rings is 1. The summed E-state index contributed by atoms with van der Waals surface area (Å²) in [6.45, 7) is 0.737. The van der Waals surface area contributed by atoms with Crippen LogP contribution in [-0.2, 0) is 6.54 Å². The van der Waals surface area contributed by atoms with Crippen LogP contribution in [-0.4, -0.2) is 19.6 Å². The Balaban J connectivity index is 1.15. The Morgan fingerprint density at radius 1 is 0.886 bits per heavy atom. The number of rotatable bonds is 5. The molecule has 0 radical (unpaired) electrons. The van der Waals surface area contributed by atoms with Gasteiger partial charge in [0, 0.05) is 50.7 Å². The van der Waals surface area contributed by atoms with Gasteiger partial charge in [-0.2, -0.15) is 5.10 Å². The maximum absolute atomic E-state index is 4.72. The molecule has 7 aromatic rings. The third-order valence-corrected chi connectivity index (χ3v) is 7.50. The van der Waals surface area contributed by atoms with Gasteiger partial charge >= 0.3 is 0 Å². The SMILES string of the molecule is c1ccc2sc(-c3cc(NCc4ccc(-c5cn6ccccc6n5)cc4)cc4cn[nH]c34)cc2c1. The van der Waals surface area contributed by atoms with E-state index in [1.54, 1.807) is 0 Å². The number of thiophene rings is 1. The summed E-state index contributed by atoms with van der Waals surface area (Å²) >= 11 is 1.81. The Hall–Kier alpha value is -4.42. The van der Waals surface area contributed by atoms with Gasteiger partial charge in [0.1, 0.15) is 5.65 Å². The molecule has 7 rings (SSSR count). The van der Waals surface area contributed by atoms with E-state index in [4.69, 9.17) is 4.98 Å². The minimum atomic E-state index is 0.737. The number of benzene rings is 3. The quantitative estimate of drug-likeness (QED) is 0.275. The Kier molecular flexibility index (Phi) is 4.63. The average Bonchev–Trinajstić information content (AvgIpc) is 3.65. The summed E-state index contributed by atoms with van der Waals surface area (Å²) in [6, 6.07) is 29.8. The molecule has 0 fully saturated rings. The second-order valence-corrected chi connectivity index (χ2v) is 9.73. The summed E-state index contributed by atoms with van der Waals surface area (Å²) in [7, 11) is 0. The van der Waals surface area contributed by atoms with Gasteiger partial charge in [-0.15, -0.1) is 11.3 Å². The van der Waals surface area contributed by atoms with E-state index in [9.17, 15) is 0 Å². The number of hydrogen-bond acceptors (Lipinski definition) is 4. The first-order chi connectivity index (χ1) is 17.3. The first-order valence-corrected chi connectivity index (χ1v) is 12.3. The molecule has 0 aliphatic carbocycles. The zero-order chi connectivity index (χ0) is 23.2. The Labute approximate surface area is 205 Å². The molecule has 6 heteroatoms. The summed E-state index contributed by atoms with van der Waals surface area (Å²) in [6.07, 6.45) is 5.98. The highest BCUT2D eigenvalue weighted by atomic mass is 32.1.